The highest BCUT2D eigenvalue weighted by molar-refractivity contribution is 5.59. The highest BCUT2D eigenvalue weighted by atomic mass is 16.1. The highest BCUT2D eigenvalue weighted by Crippen LogP contribution is 2.02. The molecule has 0 atom stereocenters. The molecular formula is C8H10N2O. The second-order valence-corrected chi connectivity index (χ2v) is 2.17. The van der Waals surface area contributed by atoms with Crippen molar-refractivity contribution in [3.63, 3.8) is 0 Å². The Morgan fingerprint density at radius 2 is 2.36 bits per heavy atom. The van der Waals surface area contributed by atoms with Gasteiger partial charge >= 0.3 is 0 Å². The van der Waals surface area contributed by atoms with Crippen molar-refractivity contribution in [2.45, 2.75) is 6.92 Å². The van der Waals surface area contributed by atoms with E-state index < -0.39 is 0 Å². The van der Waals surface area contributed by atoms with E-state index >= 15 is 0 Å². The third kappa shape index (κ3) is 1.49. The van der Waals surface area contributed by atoms with Crippen molar-refractivity contribution >= 4 is 11.8 Å². The fourth-order valence-corrected chi connectivity index (χ4v) is 0.812. The minimum absolute atomic E-state index is 0.142. The van der Waals surface area contributed by atoms with E-state index in [1.165, 1.54) is 6.07 Å². The molecule has 3 nitrogen and oxygen atoms in total. The molecule has 0 aliphatic heterocycles. The maximum Gasteiger partial charge on any atom is 0.205 e. The van der Waals surface area contributed by atoms with Gasteiger partial charge in [-0.05, 0) is 13.0 Å². The van der Waals surface area contributed by atoms with Gasteiger partial charge in [-0.25, -0.2) is 0 Å². The van der Waals surface area contributed by atoms with Crippen LogP contribution in [0.4, 0.5) is 5.69 Å². The molecule has 11 heavy (non-hydrogen) atoms. The van der Waals surface area contributed by atoms with Gasteiger partial charge in [-0.3, -0.25) is 4.79 Å². The fraction of sp³-hybridized carbons (Fsp3) is 0.125. The van der Waals surface area contributed by atoms with Gasteiger partial charge in [0.1, 0.15) is 5.69 Å². The number of H-pyrrole nitrogens is 1. The quantitative estimate of drug-likeness (QED) is 0.627. The minimum Gasteiger partial charge on any atom is -0.394 e. The summed E-state index contributed by atoms with van der Waals surface area (Å²) in [6.45, 7) is 1.87. The molecule has 1 aromatic heterocycles. The van der Waals surface area contributed by atoms with Crippen LogP contribution in [0.3, 0.4) is 0 Å². The Bertz CT molecular complexity index is 325. The van der Waals surface area contributed by atoms with Gasteiger partial charge in [-0.1, -0.05) is 6.08 Å². The number of anilines is 1. The van der Waals surface area contributed by atoms with E-state index in [-0.39, 0.29) is 11.1 Å². The smallest absolute Gasteiger partial charge is 0.205 e. The Morgan fingerprint density at radius 3 is 3.00 bits per heavy atom. The zero-order valence-corrected chi connectivity index (χ0v) is 6.29. The van der Waals surface area contributed by atoms with Crippen molar-refractivity contribution in [2.75, 3.05) is 5.73 Å². The molecule has 0 radical (unpaired) electrons. The molecule has 3 N–H and O–H groups in total. The average molecular weight is 150 g/mol. The third-order valence-electron chi connectivity index (χ3n) is 1.36. The summed E-state index contributed by atoms with van der Waals surface area (Å²) in [6, 6.07) is 1.41. The predicted octanol–water partition coefficient (Wildman–Crippen LogP) is 0.990. The molecule has 0 saturated heterocycles. The van der Waals surface area contributed by atoms with E-state index in [0.717, 1.165) is 0 Å². The van der Waals surface area contributed by atoms with Gasteiger partial charge in [0.05, 0.1) is 5.69 Å². The lowest BCUT2D eigenvalue weighted by Gasteiger charge is -1.96. The number of allylic oxidation sites excluding steroid dienone is 1. The molecule has 1 rings (SSSR count). The Labute approximate surface area is 64.6 Å². The Kier molecular flexibility index (Phi) is 2.11. The van der Waals surface area contributed by atoms with E-state index in [0.29, 0.717) is 5.69 Å². The molecule has 0 aromatic carbocycles. The Hall–Kier alpha value is -1.51. The Balaban J connectivity index is 3.27. The van der Waals surface area contributed by atoms with Crippen LogP contribution >= 0.6 is 0 Å². The standard InChI is InChI=1S/C8H10N2O/c1-2-3-6-8(9)7(11)4-5-10-6/h2-5H,9H2,1H3,(H,10,11)/b3-2+. The second-order valence-electron chi connectivity index (χ2n) is 2.17. The molecule has 1 aromatic rings. The second kappa shape index (κ2) is 3.05. The number of nitrogen functional groups attached to an aromatic ring is 1. The van der Waals surface area contributed by atoms with E-state index in [9.17, 15) is 4.79 Å². The van der Waals surface area contributed by atoms with Crippen LogP contribution in [0.1, 0.15) is 12.6 Å². The summed E-state index contributed by atoms with van der Waals surface area (Å²) >= 11 is 0. The number of aromatic amines is 1. The first kappa shape index (κ1) is 7.60. The van der Waals surface area contributed by atoms with Crippen LogP contribution in [0.15, 0.2) is 23.1 Å². The number of nitrogens with one attached hydrogen (secondary N) is 1. The number of rotatable bonds is 1. The van der Waals surface area contributed by atoms with Crippen molar-refractivity contribution < 1.29 is 0 Å². The summed E-state index contributed by atoms with van der Waals surface area (Å²) in [5.41, 5.74) is 6.27. The minimum atomic E-state index is -0.142. The largest absolute Gasteiger partial charge is 0.394 e. The van der Waals surface area contributed by atoms with Gasteiger partial charge in [-0.2, -0.15) is 0 Å². The molecule has 0 amide bonds. The number of hydrogen-bond acceptors (Lipinski definition) is 2. The molecule has 58 valence electrons. The maximum atomic E-state index is 10.9. The predicted molar refractivity (Wildman–Crippen MR) is 46.2 cm³/mol. The van der Waals surface area contributed by atoms with Gasteiger partial charge in [0, 0.05) is 12.3 Å². The van der Waals surface area contributed by atoms with Gasteiger partial charge in [0.2, 0.25) is 5.43 Å². The molecule has 0 bridgehead atoms. The number of pyridine rings is 1. The summed E-state index contributed by atoms with van der Waals surface area (Å²) in [5.74, 6) is 0. The molecule has 0 aliphatic carbocycles. The van der Waals surface area contributed by atoms with Crippen molar-refractivity contribution in [2.24, 2.45) is 0 Å². The molecule has 0 aliphatic rings. The fourth-order valence-electron chi connectivity index (χ4n) is 0.812. The van der Waals surface area contributed by atoms with Gasteiger partial charge in [0.25, 0.3) is 0 Å². The molecule has 3 heteroatoms. The molecule has 0 unspecified atom stereocenters. The summed E-state index contributed by atoms with van der Waals surface area (Å²) in [5, 5.41) is 0. The van der Waals surface area contributed by atoms with E-state index in [2.05, 4.69) is 4.98 Å². The summed E-state index contributed by atoms with van der Waals surface area (Å²) in [6.07, 6.45) is 5.16. The van der Waals surface area contributed by atoms with Crippen molar-refractivity contribution in [3.05, 3.63) is 34.3 Å². The van der Waals surface area contributed by atoms with Crippen molar-refractivity contribution in [3.8, 4) is 0 Å². The first-order valence-electron chi connectivity index (χ1n) is 3.35. The van der Waals surface area contributed by atoms with Gasteiger partial charge in [-0.15, -0.1) is 0 Å². The van der Waals surface area contributed by atoms with Crippen LogP contribution in [-0.2, 0) is 0 Å². The molecule has 0 fully saturated rings. The number of aromatic nitrogens is 1. The molecule has 1 heterocycles. The topological polar surface area (TPSA) is 58.9 Å². The lowest BCUT2D eigenvalue weighted by atomic mass is 10.3. The van der Waals surface area contributed by atoms with Crippen LogP contribution in [0.5, 0.6) is 0 Å². The van der Waals surface area contributed by atoms with Crippen LogP contribution in [-0.4, -0.2) is 4.98 Å². The first-order valence-corrected chi connectivity index (χ1v) is 3.35. The van der Waals surface area contributed by atoms with Crippen LogP contribution in [0.25, 0.3) is 6.08 Å². The molecule has 0 spiro atoms. The van der Waals surface area contributed by atoms with Crippen molar-refractivity contribution in [1.29, 1.82) is 0 Å². The van der Waals surface area contributed by atoms with Crippen LogP contribution in [0.2, 0.25) is 0 Å². The highest BCUT2D eigenvalue weighted by Gasteiger charge is 1.96. The van der Waals surface area contributed by atoms with Gasteiger partial charge < -0.3 is 10.7 Å². The SMILES string of the molecule is C/C=C/c1[nH]ccc(=O)c1N. The molecule has 0 saturated carbocycles. The number of hydrogen-bond donors (Lipinski definition) is 2. The van der Waals surface area contributed by atoms with Crippen molar-refractivity contribution in [1.82, 2.24) is 4.98 Å². The van der Waals surface area contributed by atoms with E-state index in [4.69, 9.17) is 5.73 Å². The Morgan fingerprint density at radius 1 is 1.64 bits per heavy atom. The zero-order chi connectivity index (χ0) is 8.27. The van der Waals surface area contributed by atoms with Crippen LogP contribution < -0.4 is 11.2 Å². The first-order chi connectivity index (χ1) is 5.25. The van der Waals surface area contributed by atoms with Gasteiger partial charge in [0.15, 0.2) is 0 Å². The summed E-state index contributed by atoms with van der Waals surface area (Å²) in [7, 11) is 0. The normalized spacial score (nSPS) is 10.6. The van der Waals surface area contributed by atoms with E-state index in [1.54, 1.807) is 12.3 Å². The summed E-state index contributed by atoms with van der Waals surface area (Å²) < 4.78 is 0. The monoisotopic (exact) mass is 150 g/mol. The lowest BCUT2D eigenvalue weighted by Crippen LogP contribution is -2.09. The zero-order valence-electron chi connectivity index (χ0n) is 6.29. The molecular weight excluding hydrogens is 140 g/mol. The summed E-state index contributed by atoms with van der Waals surface area (Å²) in [4.78, 5) is 13.8. The average Bonchev–Trinajstić information content (AvgIpc) is 1.99. The maximum absolute atomic E-state index is 10.9. The number of nitrogens with two attached hydrogens (primary N) is 1. The van der Waals surface area contributed by atoms with Crippen LogP contribution in [0, 0.1) is 0 Å². The lowest BCUT2D eigenvalue weighted by molar-refractivity contribution is 1.28. The van der Waals surface area contributed by atoms with E-state index in [1.807, 2.05) is 13.0 Å². The third-order valence-corrected chi connectivity index (χ3v) is 1.36.